The van der Waals surface area contributed by atoms with Crippen LogP contribution in [-0.2, 0) is 0 Å². The first-order valence-electron chi connectivity index (χ1n) is 6.95. The molecule has 0 spiro atoms. The molecule has 19 heavy (non-hydrogen) atoms. The SMILES string of the molecule is Cc1cc2cccc([C@H](O)[C@H]3CCCN3)c2nc1C. The van der Waals surface area contributed by atoms with Crippen LogP contribution in [0.4, 0.5) is 0 Å². The van der Waals surface area contributed by atoms with Crippen LogP contribution < -0.4 is 5.32 Å². The number of pyridine rings is 1. The van der Waals surface area contributed by atoms with Gasteiger partial charge in [-0.3, -0.25) is 4.98 Å². The summed E-state index contributed by atoms with van der Waals surface area (Å²) in [5.41, 5.74) is 4.11. The summed E-state index contributed by atoms with van der Waals surface area (Å²) in [6, 6.07) is 8.37. The second kappa shape index (κ2) is 4.91. The van der Waals surface area contributed by atoms with Crippen molar-refractivity contribution in [1.82, 2.24) is 10.3 Å². The third-order valence-electron chi connectivity index (χ3n) is 4.12. The molecule has 1 aromatic carbocycles. The molecule has 1 aliphatic rings. The van der Waals surface area contributed by atoms with E-state index in [4.69, 9.17) is 0 Å². The molecule has 2 N–H and O–H groups in total. The Hall–Kier alpha value is -1.45. The van der Waals surface area contributed by atoms with Crippen LogP contribution in [-0.4, -0.2) is 22.7 Å². The molecule has 2 atom stereocenters. The first-order valence-corrected chi connectivity index (χ1v) is 6.95. The van der Waals surface area contributed by atoms with Crippen LogP contribution >= 0.6 is 0 Å². The topological polar surface area (TPSA) is 45.1 Å². The van der Waals surface area contributed by atoms with Gasteiger partial charge in [0, 0.05) is 22.7 Å². The van der Waals surface area contributed by atoms with E-state index in [1.165, 1.54) is 5.56 Å². The van der Waals surface area contributed by atoms with Gasteiger partial charge in [-0.25, -0.2) is 0 Å². The molecule has 0 bridgehead atoms. The highest BCUT2D eigenvalue weighted by atomic mass is 16.3. The number of nitrogens with one attached hydrogen (secondary N) is 1. The molecule has 0 radical (unpaired) electrons. The fourth-order valence-corrected chi connectivity index (χ4v) is 2.86. The third-order valence-corrected chi connectivity index (χ3v) is 4.12. The molecule has 3 heteroatoms. The highest BCUT2D eigenvalue weighted by Gasteiger charge is 2.25. The van der Waals surface area contributed by atoms with Crippen LogP contribution in [0.15, 0.2) is 24.3 Å². The summed E-state index contributed by atoms with van der Waals surface area (Å²) in [7, 11) is 0. The quantitative estimate of drug-likeness (QED) is 0.868. The number of hydrogen-bond acceptors (Lipinski definition) is 3. The minimum Gasteiger partial charge on any atom is -0.387 e. The molecule has 1 saturated heterocycles. The number of aliphatic hydroxyl groups excluding tert-OH is 1. The number of aromatic nitrogens is 1. The van der Waals surface area contributed by atoms with Crippen LogP contribution in [0.3, 0.4) is 0 Å². The van der Waals surface area contributed by atoms with Gasteiger partial charge in [-0.15, -0.1) is 0 Å². The Morgan fingerprint density at radius 1 is 1.37 bits per heavy atom. The predicted octanol–water partition coefficient (Wildman–Crippen LogP) is 2.64. The fourth-order valence-electron chi connectivity index (χ4n) is 2.86. The smallest absolute Gasteiger partial charge is 0.0963 e. The summed E-state index contributed by atoms with van der Waals surface area (Å²) in [6.45, 7) is 5.09. The maximum absolute atomic E-state index is 10.6. The number of benzene rings is 1. The van der Waals surface area contributed by atoms with E-state index in [2.05, 4.69) is 29.4 Å². The van der Waals surface area contributed by atoms with Gasteiger partial charge in [-0.05, 0) is 44.9 Å². The largest absolute Gasteiger partial charge is 0.387 e. The van der Waals surface area contributed by atoms with E-state index in [-0.39, 0.29) is 6.04 Å². The molecule has 1 aliphatic heterocycles. The van der Waals surface area contributed by atoms with Crippen molar-refractivity contribution in [2.24, 2.45) is 0 Å². The van der Waals surface area contributed by atoms with E-state index >= 15 is 0 Å². The highest BCUT2D eigenvalue weighted by Crippen LogP contribution is 2.29. The Labute approximate surface area is 113 Å². The highest BCUT2D eigenvalue weighted by molar-refractivity contribution is 5.83. The molecule has 1 fully saturated rings. The van der Waals surface area contributed by atoms with Gasteiger partial charge < -0.3 is 10.4 Å². The van der Waals surface area contributed by atoms with Crippen LogP contribution in [0.25, 0.3) is 10.9 Å². The Morgan fingerprint density at radius 3 is 2.95 bits per heavy atom. The van der Waals surface area contributed by atoms with E-state index in [0.717, 1.165) is 41.5 Å². The van der Waals surface area contributed by atoms with Crippen molar-refractivity contribution >= 4 is 10.9 Å². The lowest BCUT2D eigenvalue weighted by Crippen LogP contribution is -2.28. The van der Waals surface area contributed by atoms with Crippen molar-refractivity contribution in [3.63, 3.8) is 0 Å². The van der Waals surface area contributed by atoms with Gasteiger partial charge in [0.15, 0.2) is 0 Å². The van der Waals surface area contributed by atoms with Crippen LogP contribution in [0, 0.1) is 13.8 Å². The summed E-state index contributed by atoms with van der Waals surface area (Å²) in [5.74, 6) is 0. The third kappa shape index (κ3) is 2.24. The van der Waals surface area contributed by atoms with E-state index in [1.807, 2.05) is 19.1 Å². The molecule has 0 saturated carbocycles. The first-order chi connectivity index (χ1) is 9.16. The lowest BCUT2D eigenvalue weighted by Gasteiger charge is -2.20. The Bertz CT molecular complexity index is 603. The summed E-state index contributed by atoms with van der Waals surface area (Å²) >= 11 is 0. The minimum absolute atomic E-state index is 0.161. The maximum Gasteiger partial charge on any atom is 0.0963 e. The van der Waals surface area contributed by atoms with Crippen molar-refractivity contribution in [3.8, 4) is 0 Å². The van der Waals surface area contributed by atoms with Crippen molar-refractivity contribution < 1.29 is 5.11 Å². The molecule has 2 aromatic rings. The molecule has 3 nitrogen and oxygen atoms in total. The van der Waals surface area contributed by atoms with Crippen molar-refractivity contribution in [2.45, 2.75) is 38.8 Å². The number of aliphatic hydroxyl groups is 1. The molecule has 1 aromatic heterocycles. The van der Waals surface area contributed by atoms with E-state index in [1.54, 1.807) is 0 Å². The fraction of sp³-hybridized carbons (Fsp3) is 0.438. The average molecular weight is 256 g/mol. The van der Waals surface area contributed by atoms with Gasteiger partial charge in [0.25, 0.3) is 0 Å². The van der Waals surface area contributed by atoms with Crippen molar-refractivity contribution in [2.75, 3.05) is 6.54 Å². The standard InChI is InChI=1S/C16H20N2O/c1-10-9-12-5-3-6-13(15(12)18-11(10)2)16(19)14-7-4-8-17-14/h3,5-6,9,14,16-17,19H,4,7-8H2,1-2H3/t14-,16+/m1/s1. The van der Waals surface area contributed by atoms with E-state index in [0.29, 0.717) is 0 Å². The number of nitrogens with zero attached hydrogens (tertiary/aromatic N) is 1. The molecular formula is C16H20N2O. The number of para-hydroxylation sites is 1. The molecule has 0 aliphatic carbocycles. The predicted molar refractivity (Wildman–Crippen MR) is 77.2 cm³/mol. The molecule has 2 heterocycles. The average Bonchev–Trinajstić information content (AvgIpc) is 2.92. The Kier molecular flexibility index (Phi) is 3.25. The number of rotatable bonds is 2. The lowest BCUT2D eigenvalue weighted by atomic mass is 9.97. The van der Waals surface area contributed by atoms with Crippen molar-refractivity contribution in [3.05, 3.63) is 41.1 Å². The van der Waals surface area contributed by atoms with Crippen molar-refractivity contribution in [1.29, 1.82) is 0 Å². The zero-order chi connectivity index (χ0) is 13.4. The Morgan fingerprint density at radius 2 is 2.21 bits per heavy atom. The minimum atomic E-state index is -0.471. The molecule has 100 valence electrons. The van der Waals surface area contributed by atoms with Gasteiger partial charge in [0.2, 0.25) is 0 Å². The van der Waals surface area contributed by atoms with Crippen LogP contribution in [0.5, 0.6) is 0 Å². The summed E-state index contributed by atoms with van der Waals surface area (Å²) in [5, 5.41) is 15.1. The number of hydrogen-bond donors (Lipinski definition) is 2. The number of fused-ring (bicyclic) bond motifs is 1. The zero-order valence-electron chi connectivity index (χ0n) is 11.5. The molecule has 0 unspecified atom stereocenters. The molecule has 0 amide bonds. The van der Waals surface area contributed by atoms with Gasteiger partial charge in [-0.2, -0.15) is 0 Å². The monoisotopic (exact) mass is 256 g/mol. The first kappa shape index (κ1) is 12.6. The summed E-state index contributed by atoms with van der Waals surface area (Å²) in [4.78, 5) is 4.68. The molecular weight excluding hydrogens is 236 g/mol. The maximum atomic E-state index is 10.6. The second-order valence-electron chi connectivity index (χ2n) is 5.46. The molecule has 3 rings (SSSR count). The zero-order valence-corrected chi connectivity index (χ0v) is 11.5. The Balaban J connectivity index is 2.09. The van der Waals surface area contributed by atoms with E-state index < -0.39 is 6.10 Å². The van der Waals surface area contributed by atoms with Gasteiger partial charge >= 0.3 is 0 Å². The summed E-state index contributed by atoms with van der Waals surface area (Å²) < 4.78 is 0. The van der Waals surface area contributed by atoms with Crippen LogP contribution in [0.1, 0.15) is 35.8 Å². The second-order valence-corrected chi connectivity index (χ2v) is 5.46. The number of aryl methyl sites for hydroxylation is 2. The van der Waals surface area contributed by atoms with Gasteiger partial charge in [0.05, 0.1) is 11.6 Å². The van der Waals surface area contributed by atoms with Gasteiger partial charge in [0.1, 0.15) is 0 Å². The lowest BCUT2D eigenvalue weighted by molar-refractivity contribution is 0.139. The van der Waals surface area contributed by atoms with E-state index in [9.17, 15) is 5.11 Å². The van der Waals surface area contributed by atoms with Crippen LogP contribution in [0.2, 0.25) is 0 Å². The van der Waals surface area contributed by atoms with Gasteiger partial charge in [-0.1, -0.05) is 18.2 Å². The summed E-state index contributed by atoms with van der Waals surface area (Å²) in [6.07, 6.45) is 1.70. The normalized spacial score (nSPS) is 20.9.